The van der Waals surface area contributed by atoms with Gasteiger partial charge in [-0.05, 0) is 18.4 Å². The number of piperidine rings is 1. The molecular formula is C18H28N2O3. The van der Waals surface area contributed by atoms with E-state index in [4.69, 9.17) is 4.74 Å². The van der Waals surface area contributed by atoms with E-state index in [1.54, 1.807) is 6.92 Å². The second-order valence-electron chi connectivity index (χ2n) is 6.32. The summed E-state index contributed by atoms with van der Waals surface area (Å²) in [5.74, 6) is 0.123. The summed E-state index contributed by atoms with van der Waals surface area (Å²) in [7, 11) is 1.87. The van der Waals surface area contributed by atoms with Gasteiger partial charge in [-0.15, -0.1) is 0 Å². The van der Waals surface area contributed by atoms with Crippen LogP contribution >= 0.6 is 0 Å². The summed E-state index contributed by atoms with van der Waals surface area (Å²) in [6.45, 7) is 4.95. The average molecular weight is 320 g/mol. The first-order valence-corrected chi connectivity index (χ1v) is 8.31. The number of aliphatic hydroxyl groups excluding tert-OH is 1. The average Bonchev–Trinajstić information content (AvgIpc) is 2.56. The van der Waals surface area contributed by atoms with Crippen LogP contribution in [0.15, 0.2) is 30.3 Å². The zero-order valence-corrected chi connectivity index (χ0v) is 14.1. The molecule has 0 radical (unpaired) electrons. The van der Waals surface area contributed by atoms with Gasteiger partial charge >= 0.3 is 0 Å². The van der Waals surface area contributed by atoms with E-state index in [-0.39, 0.29) is 5.91 Å². The van der Waals surface area contributed by atoms with E-state index < -0.39 is 6.10 Å². The molecule has 0 aromatic heterocycles. The molecule has 0 aliphatic carbocycles. The van der Waals surface area contributed by atoms with Gasteiger partial charge in [-0.25, -0.2) is 0 Å². The highest BCUT2D eigenvalue weighted by atomic mass is 16.5. The number of ether oxygens (including phenoxy) is 1. The van der Waals surface area contributed by atoms with Crippen molar-refractivity contribution >= 4 is 5.91 Å². The lowest BCUT2D eigenvalue weighted by molar-refractivity contribution is -0.130. The molecule has 0 spiro atoms. The summed E-state index contributed by atoms with van der Waals surface area (Å²) < 4.78 is 5.58. The van der Waals surface area contributed by atoms with Crippen molar-refractivity contribution in [1.29, 1.82) is 0 Å². The minimum atomic E-state index is -0.471. The number of hydrogen-bond acceptors (Lipinski definition) is 4. The fourth-order valence-electron chi connectivity index (χ4n) is 2.98. The predicted molar refractivity (Wildman–Crippen MR) is 90.0 cm³/mol. The van der Waals surface area contributed by atoms with Crippen LogP contribution in [0.2, 0.25) is 0 Å². The lowest BCUT2D eigenvalue weighted by Crippen LogP contribution is -2.47. The van der Waals surface area contributed by atoms with E-state index in [1.807, 2.05) is 42.3 Å². The minimum Gasteiger partial charge on any atom is -0.389 e. The van der Waals surface area contributed by atoms with E-state index >= 15 is 0 Å². The van der Waals surface area contributed by atoms with Crippen LogP contribution in [-0.2, 0) is 16.1 Å². The Morgan fingerprint density at radius 2 is 2.00 bits per heavy atom. The zero-order valence-electron chi connectivity index (χ0n) is 14.1. The van der Waals surface area contributed by atoms with Gasteiger partial charge in [0.05, 0.1) is 19.3 Å². The summed E-state index contributed by atoms with van der Waals surface area (Å²) >= 11 is 0. The highest BCUT2D eigenvalue weighted by Gasteiger charge is 2.24. The predicted octanol–water partition coefficient (Wildman–Crippen LogP) is 1.51. The van der Waals surface area contributed by atoms with Gasteiger partial charge in [-0.3, -0.25) is 4.79 Å². The molecule has 1 atom stereocenters. The normalized spacial score (nSPS) is 17.9. The van der Waals surface area contributed by atoms with Gasteiger partial charge < -0.3 is 19.6 Å². The Balaban J connectivity index is 1.63. The minimum absolute atomic E-state index is 0.123. The van der Waals surface area contributed by atoms with Gasteiger partial charge in [0.1, 0.15) is 0 Å². The number of β-amino-alcohol motifs (C(OH)–C–C–N with tert-alkyl or cyclic N) is 1. The number of hydrogen-bond donors (Lipinski definition) is 1. The Labute approximate surface area is 138 Å². The largest absolute Gasteiger partial charge is 0.389 e. The Morgan fingerprint density at radius 1 is 1.35 bits per heavy atom. The molecule has 2 rings (SSSR count). The summed E-state index contributed by atoms with van der Waals surface area (Å²) in [6.07, 6.45) is 1.46. The number of carbonyl (C=O) groups is 1. The third-order valence-electron chi connectivity index (χ3n) is 4.49. The zero-order chi connectivity index (χ0) is 16.7. The summed E-state index contributed by atoms with van der Waals surface area (Å²) in [6, 6.07) is 10.3. The maximum atomic E-state index is 11.4. The van der Waals surface area contributed by atoms with Gasteiger partial charge in [0.15, 0.2) is 0 Å². The van der Waals surface area contributed by atoms with Gasteiger partial charge in [0.25, 0.3) is 0 Å². The molecule has 23 heavy (non-hydrogen) atoms. The van der Waals surface area contributed by atoms with Gasteiger partial charge in [0, 0.05) is 39.6 Å². The molecule has 5 nitrogen and oxygen atoms in total. The Bertz CT molecular complexity index is 472. The highest BCUT2D eigenvalue weighted by molar-refractivity contribution is 5.73. The molecule has 1 aromatic rings. The van der Waals surface area contributed by atoms with Crippen molar-refractivity contribution in [3.05, 3.63) is 35.9 Å². The molecule has 5 heteroatoms. The lowest BCUT2D eigenvalue weighted by atomic mass is 10.0. The number of nitrogens with zero attached hydrogens (tertiary/aromatic N) is 2. The molecule has 1 heterocycles. The van der Waals surface area contributed by atoms with Crippen LogP contribution in [0.4, 0.5) is 0 Å². The first kappa shape index (κ1) is 17.9. The lowest BCUT2D eigenvalue weighted by Gasteiger charge is -2.37. The van der Waals surface area contributed by atoms with Crippen molar-refractivity contribution < 1.29 is 14.6 Å². The van der Waals surface area contributed by atoms with Crippen LogP contribution < -0.4 is 0 Å². The number of carbonyl (C=O) groups excluding carboxylic acids is 1. The summed E-state index contributed by atoms with van der Waals surface area (Å²) in [5, 5.41) is 10.1. The fraction of sp³-hybridized carbons (Fsp3) is 0.611. The van der Waals surface area contributed by atoms with Crippen molar-refractivity contribution in [3.63, 3.8) is 0 Å². The number of aliphatic hydroxyl groups is 1. The van der Waals surface area contributed by atoms with E-state index in [9.17, 15) is 9.90 Å². The van der Waals surface area contributed by atoms with Crippen molar-refractivity contribution in [2.75, 3.05) is 33.3 Å². The quantitative estimate of drug-likeness (QED) is 0.827. The second-order valence-corrected chi connectivity index (χ2v) is 6.32. The molecular weight excluding hydrogens is 292 g/mol. The molecule has 1 N–H and O–H groups in total. The van der Waals surface area contributed by atoms with Crippen LogP contribution in [0.25, 0.3) is 0 Å². The third-order valence-corrected chi connectivity index (χ3v) is 4.49. The van der Waals surface area contributed by atoms with Crippen LogP contribution in [0, 0.1) is 0 Å². The molecule has 1 unspecified atom stereocenters. The van der Waals surface area contributed by atoms with Crippen LogP contribution in [0.1, 0.15) is 25.3 Å². The fourth-order valence-corrected chi connectivity index (χ4v) is 2.98. The second kappa shape index (κ2) is 9.01. The number of likely N-dealkylation sites (tertiary alicyclic amines) is 1. The van der Waals surface area contributed by atoms with Crippen molar-refractivity contribution in [2.24, 2.45) is 0 Å². The number of amides is 1. The van der Waals surface area contributed by atoms with Gasteiger partial charge in [-0.2, -0.15) is 0 Å². The molecule has 1 aliphatic rings. The smallest absolute Gasteiger partial charge is 0.219 e. The SMILES string of the molecule is CC(=O)N(C)C1CCN(CC(O)COCc2ccccc2)CC1. The molecule has 0 bridgehead atoms. The Kier molecular flexibility index (Phi) is 7.02. The molecule has 1 aromatic carbocycles. The van der Waals surface area contributed by atoms with E-state index in [0.717, 1.165) is 31.5 Å². The highest BCUT2D eigenvalue weighted by Crippen LogP contribution is 2.15. The summed E-state index contributed by atoms with van der Waals surface area (Å²) in [4.78, 5) is 15.5. The third kappa shape index (κ3) is 5.94. The Morgan fingerprint density at radius 3 is 2.61 bits per heavy atom. The number of benzene rings is 1. The van der Waals surface area contributed by atoms with E-state index in [1.165, 1.54) is 0 Å². The van der Waals surface area contributed by atoms with Crippen LogP contribution in [0.5, 0.6) is 0 Å². The van der Waals surface area contributed by atoms with Crippen molar-refractivity contribution in [2.45, 2.75) is 38.5 Å². The van der Waals surface area contributed by atoms with Crippen molar-refractivity contribution in [3.8, 4) is 0 Å². The number of rotatable bonds is 7. The molecule has 1 saturated heterocycles. The molecule has 0 saturated carbocycles. The van der Waals surface area contributed by atoms with Crippen LogP contribution in [0.3, 0.4) is 0 Å². The first-order valence-electron chi connectivity index (χ1n) is 8.31. The van der Waals surface area contributed by atoms with Gasteiger partial charge in [-0.1, -0.05) is 30.3 Å². The summed E-state index contributed by atoms with van der Waals surface area (Å²) in [5.41, 5.74) is 1.12. The molecule has 1 fully saturated rings. The monoisotopic (exact) mass is 320 g/mol. The first-order chi connectivity index (χ1) is 11.1. The maximum Gasteiger partial charge on any atom is 0.219 e. The molecule has 1 aliphatic heterocycles. The van der Waals surface area contributed by atoms with E-state index in [2.05, 4.69) is 4.90 Å². The van der Waals surface area contributed by atoms with Crippen LogP contribution in [-0.4, -0.2) is 66.2 Å². The molecule has 128 valence electrons. The topological polar surface area (TPSA) is 53.0 Å². The maximum absolute atomic E-state index is 11.4. The van der Waals surface area contributed by atoms with Gasteiger partial charge in [0.2, 0.25) is 5.91 Å². The van der Waals surface area contributed by atoms with E-state index in [0.29, 0.717) is 25.8 Å². The Hall–Kier alpha value is -1.43. The van der Waals surface area contributed by atoms with Crippen molar-refractivity contribution in [1.82, 2.24) is 9.80 Å². The standard InChI is InChI=1S/C18H28N2O3/c1-15(21)19(2)17-8-10-20(11-9-17)12-18(22)14-23-13-16-6-4-3-5-7-16/h3-7,17-18,22H,8-14H2,1-2H3. The molecule has 1 amide bonds.